The summed E-state index contributed by atoms with van der Waals surface area (Å²) in [5, 5.41) is 2.74. The quantitative estimate of drug-likeness (QED) is 0.516. The average molecular weight is 288 g/mol. The van der Waals surface area contributed by atoms with Crippen molar-refractivity contribution in [2.75, 3.05) is 40.5 Å². The highest BCUT2D eigenvalue weighted by atomic mass is 16.5. The Balaban J connectivity index is 3.72. The molecule has 0 aliphatic rings. The van der Waals surface area contributed by atoms with Crippen LogP contribution in [0.4, 0.5) is 4.79 Å². The van der Waals surface area contributed by atoms with Crippen LogP contribution in [0.25, 0.3) is 0 Å². The van der Waals surface area contributed by atoms with E-state index in [1.165, 1.54) is 12.0 Å². The van der Waals surface area contributed by atoms with E-state index in [9.17, 15) is 9.59 Å². The topological polar surface area (TPSA) is 67.9 Å². The average Bonchev–Trinajstić information content (AvgIpc) is 2.40. The van der Waals surface area contributed by atoms with Gasteiger partial charge in [-0.3, -0.25) is 4.79 Å². The fourth-order valence-electron chi connectivity index (χ4n) is 1.56. The number of methoxy groups -OCH3 is 1. The van der Waals surface area contributed by atoms with E-state index < -0.39 is 0 Å². The second kappa shape index (κ2) is 10.5. The third kappa shape index (κ3) is 8.74. The minimum absolute atomic E-state index is 0.215. The van der Waals surface area contributed by atoms with Crippen molar-refractivity contribution in [3.8, 4) is 0 Å². The SMILES string of the molecule is COC(=O)C(C)CN(C)C(=O)NCCOCCC(C)C. The highest BCUT2D eigenvalue weighted by molar-refractivity contribution is 5.76. The summed E-state index contributed by atoms with van der Waals surface area (Å²) in [7, 11) is 2.99. The van der Waals surface area contributed by atoms with Crippen molar-refractivity contribution in [1.82, 2.24) is 10.2 Å². The van der Waals surface area contributed by atoms with Crippen LogP contribution in [-0.2, 0) is 14.3 Å². The number of rotatable bonds is 9. The van der Waals surface area contributed by atoms with E-state index >= 15 is 0 Å². The van der Waals surface area contributed by atoms with Gasteiger partial charge in [0.1, 0.15) is 0 Å². The number of hydrogen-bond acceptors (Lipinski definition) is 4. The summed E-state index contributed by atoms with van der Waals surface area (Å²) in [5.74, 6) is -0.0322. The zero-order valence-corrected chi connectivity index (χ0v) is 13.3. The van der Waals surface area contributed by atoms with Crippen molar-refractivity contribution in [2.24, 2.45) is 11.8 Å². The van der Waals surface area contributed by atoms with Crippen molar-refractivity contribution >= 4 is 12.0 Å². The van der Waals surface area contributed by atoms with Gasteiger partial charge in [0, 0.05) is 26.7 Å². The molecule has 0 aromatic rings. The normalized spacial score (nSPS) is 12.1. The molecule has 1 N–H and O–H groups in total. The van der Waals surface area contributed by atoms with Gasteiger partial charge in [0.2, 0.25) is 0 Å². The molecule has 0 saturated heterocycles. The molecular formula is C14H28N2O4. The monoisotopic (exact) mass is 288 g/mol. The summed E-state index contributed by atoms with van der Waals surface area (Å²) in [4.78, 5) is 24.5. The maximum atomic E-state index is 11.7. The largest absolute Gasteiger partial charge is 0.469 e. The van der Waals surface area contributed by atoms with Gasteiger partial charge >= 0.3 is 12.0 Å². The zero-order valence-electron chi connectivity index (χ0n) is 13.3. The highest BCUT2D eigenvalue weighted by Gasteiger charge is 2.18. The number of carbonyl (C=O) groups excluding carboxylic acids is 2. The van der Waals surface area contributed by atoms with Gasteiger partial charge < -0.3 is 19.7 Å². The van der Waals surface area contributed by atoms with Gasteiger partial charge in [-0.05, 0) is 12.3 Å². The second-order valence-corrected chi connectivity index (χ2v) is 5.33. The van der Waals surface area contributed by atoms with E-state index in [4.69, 9.17) is 4.74 Å². The van der Waals surface area contributed by atoms with E-state index in [1.807, 2.05) is 0 Å². The van der Waals surface area contributed by atoms with Crippen molar-refractivity contribution < 1.29 is 19.1 Å². The van der Waals surface area contributed by atoms with Crippen LogP contribution in [0.2, 0.25) is 0 Å². The molecule has 0 aromatic carbocycles. The Hall–Kier alpha value is -1.30. The van der Waals surface area contributed by atoms with E-state index in [-0.39, 0.29) is 17.9 Å². The minimum Gasteiger partial charge on any atom is -0.469 e. The Labute approximate surface area is 121 Å². The number of hydrogen-bond donors (Lipinski definition) is 1. The summed E-state index contributed by atoms with van der Waals surface area (Å²) in [6, 6.07) is -0.215. The van der Waals surface area contributed by atoms with Crippen LogP contribution >= 0.6 is 0 Å². The molecule has 6 nitrogen and oxygen atoms in total. The molecule has 0 saturated carbocycles. The van der Waals surface area contributed by atoms with Gasteiger partial charge in [-0.15, -0.1) is 0 Å². The summed E-state index contributed by atoms with van der Waals surface area (Å²) >= 11 is 0. The van der Waals surface area contributed by atoms with E-state index in [2.05, 4.69) is 23.9 Å². The Kier molecular flexibility index (Phi) is 9.80. The molecule has 0 spiro atoms. The lowest BCUT2D eigenvalue weighted by Crippen LogP contribution is -2.42. The Morgan fingerprint density at radius 1 is 1.20 bits per heavy atom. The number of amides is 2. The standard InChI is InChI=1S/C14H28N2O4/c1-11(2)6-8-20-9-7-15-14(18)16(4)10-12(3)13(17)19-5/h11-12H,6-10H2,1-5H3,(H,15,18). The smallest absolute Gasteiger partial charge is 0.317 e. The van der Waals surface area contributed by atoms with Crippen molar-refractivity contribution in [3.63, 3.8) is 0 Å². The first-order valence-corrected chi connectivity index (χ1v) is 7.03. The van der Waals surface area contributed by atoms with Crippen molar-refractivity contribution in [2.45, 2.75) is 27.2 Å². The summed E-state index contributed by atoms with van der Waals surface area (Å²) in [6.45, 7) is 8.01. The number of esters is 1. The lowest BCUT2D eigenvalue weighted by molar-refractivity contribution is -0.145. The van der Waals surface area contributed by atoms with Crippen LogP contribution in [0, 0.1) is 11.8 Å². The van der Waals surface area contributed by atoms with Gasteiger partial charge in [-0.25, -0.2) is 4.79 Å². The van der Waals surface area contributed by atoms with Gasteiger partial charge in [0.25, 0.3) is 0 Å². The molecular weight excluding hydrogens is 260 g/mol. The van der Waals surface area contributed by atoms with E-state index in [0.717, 1.165) is 6.42 Å². The third-order valence-electron chi connectivity index (χ3n) is 2.86. The Morgan fingerprint density at radius 2 is 1.85 bits per heavy atom. The van der Waals surface area contributed by atoms with E-state index in [1.54, 1.807) is 14.0 Å². The molecule has 0 bridgehead atoms. The summed E-state index contributed by atoms with van der Waals surface area (Å²) in [5.41, 5.74) is 0. The lowest BCUT2D eigenvalue weighted by Gasteiger charge is -2.20. The minimum atomic E-state index is -0.335. The molecule has 20 heavy (non-hydrogen) atoms. The van der Waals surface area contributed by atoms with Crippen LogP contribution < -0.4 is 5.32 Å². The fourth-order valence-corrected chi connectivity index (χ4v) is 1.56. The van der Waals surface area contributed by atoms with Crippen LogP contribution in [0.3, 0.4) is 0 Å². The zero-order chi connectivity index (χ0) is 15.5. The van der Waals surface area contributed by atoms with Crippen molar-refractivity contribution in [3.05, 3.63) is 0 Å². The summed E-state index contributed by atoms with van der Waals surface area (Å²) < 4.78 is 10.0. The molecule has 0 heterocycles. The molecule has 6 heteroatoms. The third-order valence-corrected chi connectivity index (χ3v) is 2.86. The maximum Gasteiger partial charge on any atom is 0.317 e. The van der Waals surface area contributed by atoms with Gasteiger partial charge in [0.05, 0.1) is 19.6 Å². The molecule has 0 aromatic heterocycles. The molecule has 2 amide bonds. The van der Waals surface area contributed by atoms with Gasteiger partial charge in [-0.2, -0.15) is 0 Å². The first kappa shape index (κ1) is 18.7. The Bertz CT molecular complexity index is 295. The van der Waals surface area contributed by atoms with Crippen molar-refractivity contribution in [1.29, 1.82) is 0 Å². The maximum absolute atomic E-state index is 11.7. The lowest BCUT2D eigenvalue weighted by atomic mass is 10.1. The molecule has 0 aliphatic heterocycles. The molecule has 1 unspecified atom stereocenters. The first-order chi connectivity index (χ1) is 9.38. The van der Waals surface area contributed by atoms with Crippen LogP contribution in [0.15, 0.2) is 0 Å². The number of ether oxygens (including phenoxy) is 2. The highest BCUT2D eigenvalue weighted by Crippen LogP contribution is 2.01. The molecule has 0 rings (SSSR count). The second-order valence-electron chi connectivity index (χ2n) is 5.33. The van der Waals surface area contributed by atoms with Gasteiger partial charge in [0.15, 0.2) is 0 Å². The predicted octanol–water partition coefficient (Wildman–Crippen LogP) is 1.50. The van der Waals surface area contributed by atoms with Gasteiger partial charge in [-0.1, -0.05) is 20.8 Å². The number of carbonyl (C=O) groups is 2. The van der Waals surface area contributed by atoms with E-state index in [0.29, 0.717) is 32.2 Å². The number of nitrogens with zero attached hydrogens (tertiary/aromatic N) is 1. The number of nitrogens with one attached hydrogen (secondary N) is 1. The molecule has 118 valence electrons. The Morgan fingerprint density at radius 3 is 2.40 bits per heavy atom. The molecule has 1 atom stereocenters. The predicted molar refractivity (Wildman–Crippen MR) is 77.5 cm³/mol. The van der Waals surface area contributed by atoms with Crippen LogP contribution in [-0.4, -0.2) is 57.4 Å². The summed E-state index contributed by atoms with van der Waals surface area (Å²) in [6.07, 6.45) is 1.02. The first-order valence-electron chi connectivity index (χ1n) is 7.03. The number of urea groups is 1. The molecule has 0 aliphatic carbocycles. The van der Waals surface area contributed by atoms with Crippen LogP contribution in [0.1, 0.15) is 27.2 Å². The molecule has 0 fully saturated rings. The van der Waals surface area contributed by atoms with Crippen LogP contribution in [0.5, 0.6) is 0 Å². The fraction of sp³-hybridized carbons (Fsp3) is 0.857. The molecule has 0 radical (unpaired) electrons.